The molecule has 33 heavy (non-hydrogen) atoms. The fraction of sp³-hybridized carbons (Fsp3) is 0.364. The van der Waals surface area contributed by atoms with E-state index in [0.29, 0.717) is 57.3 Å². The Kier molecular flexibility index (Phi) is 8.58. The van der Waals surface area contributed by atoms with Crippen LogP contribution in [0.4, 0.5) is 11.4 Å². The Balaban J connectivity index is 1.92. The van der Waals surface area contributed by atoms with Crippen molar-refractivity contribution >= 4 is 22.9 Å². The number of aliphatic hydroxyl groups excluding tert-OH is 1. The number of benzene rings is 2. The summed E-state index contributed by atoms with van der Waals surface area (Å²) in [7, 11) is 0. The Bertz CT molecular complexity index is 1010. The van der Waals surface area contributed by atoms with E-state index in [2.05, 4.69) is 26.1 Å². The van der Waals surface area contributed by atoms with Crippen LogP contribution in [-0.2, 0) is 4.84 Å². The van der Waals surface area contributed by atoms with Gasteiger partial charge in [-0.15, -0.1) is 0 Å². The third-order valence-electron chi connectivity index (χ3n) is 5.19. The summed E-state index contributed by atoms with van der Waals surface area (Å²) in [6.07, 6.45) is 0. The first-order valence-electron chi connectivity index (χ1n) is 10.6. The number of nitrogens with two attached hydrogens (primary N) is 1. The standard InChI is InChI=1S/C22H29N5O6/c23-33-12-10-25-6-8-27-14-2-1-13(26-7-5-24-9-11-28)17-18(14)22(32)20-16(30)4-3-15(29)19(20)21(17)31/h1-4,24-30H,5-12,23H2. The topological polar surface area (TPSA) is 178 Å². The minimum Gasteiger partial charge on any atom is -0.507 e. The molecule has 0 heterocycles. The van der Waals surface area contributed by atoms with E-state index >= 15 is 0 Å². The van der Waals surface area contributed by atoms with Crippen LogP contribution in [-0.4, -0.2) is 79.4 Å². The Morgan fingerprint density at radius 1 is 0.697 bits per heavy atom. The average Bonchev–Trinajstić information content (AvgIpc) is 2.81. The zero-order valence-electron chi connectivity index (χ0n) is 18.1. The number of carbonyl (C=O) groups is 2. The molecule has 0 saturated heterocycles. The number of anilines is 2. The van der Waals surface area contributed by atoms with E-state index in [1.54, 1.807) is 12.1 Å². The highest BCUT2D eigenvalue weighted by Crippen LogP contribution is 2.42. The quantitative estimate of drug-likeness (QED) is 0.0960. The van der Waals surface area contributed by atoms with Gasteiger partial charge in [-0.2, -0.15) is 0 Å². The van der Waals surface area contributed by atoms with Crippen molar-refractivity contribution in [1.82, 2.24) is 10.6 Å². The van der Waals surface area contributed by atoms with Gasteiger partial charge in [-0.25, -0.2) is 5.90 Å². The number of phenols is 2. The Morgan fingerprint density at radius 2 is 1.18 bits per heavy atom. The van der Waals surface area contributed by atoms with Gasteiger partial charge >= 0.3 is 0 Å². The van der Waals surface area contributed by atoms with Gasteiger partial charge in [-0.3, -0.25) is 9.59 Å². The molecule has 11 heteroatoms. The summed E-state index contributed by atoms with van der Waals surface area (Å²) < 4.78 is 0. The third kappa shape index (κ3) is 5.41. The second-order valence-electron chi connectivity index (χ2n) is 7.37. The lowest BCUT2D eigenvalue weighted by atomic mass is 9.81. The lowest BCUT2D eigenvalue weighted by Gasteiger charge is -2.25. The summed E-state index contributed by atoms with van der Waals surface area (Å²) in [5.41, 5.74) is 0.714. The molecule has 3 rings (SSSR count). The van der Waals surface area contributed by atoms with Crippen LogP contribution in [0.2, 0.25) is 0 Å². The monoisotopic (exact) mass is 459 g/mol. The van der Waals surface area contributed by atoms with Crippen molar-refractivity contribution in [3.8, 4) is 11.5 Å². The molecule has 0 radical (unpaired) electrons. The van der Waals surface area contributed by atoms with Crippen molar-refractivity contribution < 1.29 is 29.7 Å². The van der Waals surface area contributed by atoms with E-state index in [9.17, 15) is 19.8 Å². The minimum absolute atomic E-state index is 0.0103. The number of carbonyl (C=O) groups excluding carboxylic acids is 2. The molecule has 2 aromatic carbocycles. The fourth-order valence-electron chi connectivity index (χ4n) is 3.69. The maximum Gasteiger partial charge on any atom is 0.200 e. The Labute approximate surface area is 190 Å². The number of fused-ring (bicyclic) bond motifs is 2. The molecular weight excluding hydrogens is 430 g/mol. The largest absolute Gasteiger partial charge is 0.507 e. The summed E-state index contributed by atoms with van der Waals surface area (Å²) >= 11 is 0. The number of aromatic hydroxyl groups is 2. The van der Waals surface area contributed by atoms with E-state index in [-0.39, 0.29) is 40.4 Å². The van der Waals surface area contributed by atoms with Crippen molar-refractivity contribution in [2.75, 3.05) is 63.1 Å². The maximum atomic E-state index is 13.4. The van der Waals surface area contributed by atoms with Crippen LogP contribution in [0.5, 0.6) is 11.5 Å². The molecule has 0 bridgehead atoms. The van der Waals surface area contributed by atoms with Gasteiger partial charge in [0.1, 0.15) is 11.5 Å². The summed E-state index contributed by atoms with van der Waals surface area (Å²) in [6.45, 7) is 3.33. The van der Waals surface area contributed by atoms with E-state index in [1.807, 2.05) is 0 Å². The number of nitrogens with one attached hydrogen (secondary N) is 4. The van der Waals surface area contributed by atoms with Crippen LogP contribution in [0, 0.1) is 0 Å². The maximum absolute atomic E-state index is 13.4. The fourth-order valence-corrected chi connectivity index (χ4v) is 3.69. The molecule has 0 fully saturated rings. The van der Waals surface area contributed by atoms with Crippen molar-refractivity contribution in [1.29, 1.82) is 0 Å². The van der Waals surface area contributed by atoms with Crippen LogP contribution in [0.1, 0.15) is 31.8 Å². The molecule has 2 aromatic rings. The second kappa shape index (κ2) is 11.6. The lowest BCUT2D eigenvalue weighted by Crippen LogP contribution is -2.29. The Hall–Kier alpha value is -3.22. The van der Waals surface area contributed by atoms with Gasteiger partial charge in [0, 0.05) is 50.6 Å². The summed E-state index contributed by atoms with van der Waals surface area (Å²) in [5, 5.41) is 41.9. The van der Waals surface area contributed by atoms with Crippen LogP contribution in [0.3, 0.4) is 0 Å². The van der Waals surface area contributed by atoms with E-state index in [0.717, 1.165) is 0 Å². The first-order chi connectivity index (χ1) is 16.0. The molecule has 9 N–H and O–H groups in total. The van der Waals surface area contributed by atoms with Crippen LogP contribution in [0.25, 0.3) is 0 Å². The van der Waals surface area contributed by atoms with Gasteiger partial charge in [0.25, 0.3) is 0 Å². The minimum atomic E-state index is -0.555. The first-order valence-corrected chi connectivity index (χ1v) is 10.6. The third-order valence-corrected chi connectivity index (χ3v) is 5.19. The van der Waals surface area contributed by atoms with Gasteiger partial charge in [0.05, 0.1) is 35.5 Å². The van der Waals surface area contributed by atoms with Gasteiger partial charge < -0.3 is 41.4 Å². The first kappa shape index (κ1) is 24.4. The number of phenolic OH excluding ortho intramolecular Hbond substituents is 2. The number of hydrogen-bond acceptors (Lipinski definition) is 11. The molecule has 1 aliphatic carbocycles. The molecule has 0 saturated carbocycles. The van der Waals surface area contributed by atoms with Crippen molar-refractivity contribution in [2.45, 2.75) is 0 Å². The summed E-state index contributed by atoms with van der Waals surface area (Å²) in [4.78, 5) is 31.3. The second-order valence-corrected chi connectivity index (χ2v) is 7.37. The van der Waals surface area contributed by atoms with Crippen LogP contribution in [0.15, 0.2) is 24.3 Å². The van der Waals surface area contributed by atoms with Crippen LogP contribution >= 0.6 is 0 Å². The normalized spacial score (nSPS) is 12.4. The highest BCUT2D eigenvalue weighted by Gasteiger charge is 2.37. The molecule has 0 atom stereocenters. The highest BCUT2D eigenvalue weighted by atomic mass is 16.6. The number of rotatable bonds is 13. The van der Waals surface area contributed by atoms with Gasteiger partial charge in [-0.05, 0) is 24.3 Å². The summed E-state index contributed by atoms with van der Waals surface area (Å²) in [6, 6.07) is 5.77. The molecule has 0 amide bonds. The lowest BCUT2D eigenvalue weighted by molar-refractivity contribution is 0.0975. The van der Waals surface area contributed by atoms with Crippen molar-refractivity contribution in [3.05, 3.63) is 46.5 Å². The predicted molar refractivity (Wildman–Crippen MR) is 123 cm³/mol. The predicted octanol–water partition coefficient (Wildman–Crippen LogP) is -0.241. The molecular formula is C22H29N5O6. The number of ketones is 2. The molecule has 11 nitrogen and oxygen atoms in total. The van der Waals surface area contributed by atoms with Crippen molar-refractivity contribution in [3.63, 3.8) is 0 Å². The van der Waals surface area contributed by atoms with Gasteiger partial charge in [0.15, 0.2) is 0 Å². The van der Waals surface area contributed by atoms with E-state index in [4.69, 9.17) is 11.0 Å². The zero-order valence-corrected chi connectivity index (χ0v) is 18.1. The number of aliphatic hydroxyl groups is 1. The molecule has 178 valence electrons. The number of hydrogen-bond donors (Lipinski definition) is 8. The highest BCUT2D eigenvalue weighted by molar-refractivity contribution is 6.33. The Morgan fingerprint density at radius 3 is 1.64 bits per heavy atom. The molecule has 0 spiro atoms. The molecule has 0 aromatic heterocycles. The molecule has 0 unspecified atom stereocenters. The van der Waals surface area contributed by atoms with E-state index < -0.39 is 11.6 Å². The van der Waals surface area contributed by atoms with Gasteiger partial charge in [0.2, 0.25) is 11.6 Å². The summed E-state index contributed by atoms with van der Waals surface area (Å²) in [5.74, 6) is 3.14. The molecule has 1 aliphatic rings. The molecule has 0 aliphatic heterocycles. The van der Waals surface area contributed by atoms with E-state index in [1.165, 1.54) is 12.1 Å². The SMILES string of the molecule is NOCCNCCNc1ccc(NCCNCCO)c2c1C(=O)c1c(O)ccc(O)c1C2=O. The average molecular weight is 460 g/mol. The van der Waals surface area contributed by atoms with Crippen molar-refractivity contribution in [2.24, 2.45) is 5.90 Å². The van der Waals surface area contributed by atoms with Crippen LogP contribution < -0.4 is 27.2 Å². The van der Waals surface area contributed by atoms with Gasteiger partial charge in [-0.1, -0.05) is 0 Å². The smallest absolute Gasteiger partial charge is 0.200 e. The zero-order chi connectivity index (χ0) is 23.8.